The normalized spacial score (nSPS) is 11.6. The van der Waals surface area contributed by atoms with Gasteiger partial charge in [0.25, 0.3) is 0 Å². The fourth-order valence-electron chi connectivity index (χ4n) is 3.18. The van der Waals surface area contributed by atoms with Gasteiger partial charge in [-0.25, -0.2) is 9.50 Å². The van der Waals surface area contributed by atoms with Gasteiger partial charge in [0, 0.05) is 16.3 Å². The van der Waals surface area contributed by atoms with Gasteiger partial charge in [0.05, 0.1) is 26.8 Å². The van der Waals surface area contributed by atoms with E-state index in [1.54, 1.807) is 6.07 Å². The Kier molecular flexibility index (Phi) is 3.20. The largest absolute Gasteiger partial charge is 0.226 e. The Balaban J connectivity index is 1.97. The molecule has 0 saturated heterocycles. The predicted octanol–water partition coefficient (Wildman–Crippen LogP) is 6.01. The Morgan fingerprint density at radius 2 is 1.52 bits per heavy atom. The van der Waals surface area contributed by atoms with E-state index in [0.717, 1.165) is 38.7 Å². The Bertz CT molecular complexity index is 1270. The summed E-state index contributed by atoms with van der Waals surface area (Å²) in [5.74, 6) is 0. The molecule has 2 aromatic heterocycles. The van der Waals surface area contributed by atoms with E-state index in [1.165, 1.54) is 0 Å². The van der Waals surface area contributed by atoms with Crippen molar-refractivity contribution < 1.29 is 0 Å². The van der Waals surface area contributed by atoms with E-state index < -0.39 is 0 Å². The molecule has 2 heterocycles. The van der Waals surface area contributed by atoms with Crippen molar-refractivity contribution in [2.75, 3.05) is 0 Å². The molecule has 0 spiro atoms. The minimum atomic E-state index is 0.514. The van der Waals surface area contributed by atoms with Crippen molar-refractivity contribution in [1.29, 1.82) is 0 Å². The molecular weight excluding hydrogens is 353 g/mol. The molecule has 0 aliphatic heterocycles. The highest BCUT2D eigenvalue weighted by Crippen LogP contribution is 2.33. The Labute approximate surface area is 153 Å². The Morgan fingerprint density at radius 1 is 0.760 bits per heavy atom. The second-order valence-electron chi connectivity index (χ2n) is 5.86. The molecule has 0 amide bonds. The summed E-state index contributed by atoms with van der Waals surface area (Å²) in [5.41, 5.74) is 4.52. The average molecular weight is 364 g/mol. The van der Waals surface area contributed by atoms with Gasteiger partial charge in [-0.05, 0) is 24.3 Å². The maximum Gasteiger partial charge on any atom is 0.162 e. The summed E-state index contributed by atoms with van der Waals surface area (Å²) in [6, 6.07) is 21.7. The first-order chi connectivity index (χ1) is 12.2. The number of hydrogen-bond donors (Lipinski definition) is 0. The molecular formula is C20H11Cl2N3. The average Bonchev–Trinajstić information content (AvgIpc) is 3.02. The third-order valence-electron chi connectivity index (χ3n) is 4.35. The first-order valence-corrected chi connectivity index (χ1v) is 8.59. The van der Waals surface area contributed by atoms with Gasteiger partial charge in [0.2, 0.25) is 0 Å². The van der Waals surface area contributed by atoms with Crippen molar-refractivity contribution in [1.82, 2.24) is 14.6 Å². The summed E-state index contributed by atoms with van der Waals surface area (Å²) >= 11 is 12.3. The van der Waals surface area contributed by atoms with E-state index in [2.05, 4.69) is 12.1 Å². The molecule has 0 atom stereocenters. The van der Waals surface area contributed by atoms with Crippen LogP contribution >= 0.6 is 23.2 Å². The zero-order valence-corrected chi connectivity index (χ0v) is 14.5. The number of halogens is 2. The number of nitrogens with zero attached hydrogens (tertiary/aromatic N) is 3. The smallest absolute Gasteiger partial charge is 0.162 e. The molecule has 0 aliphatic rings. The van der Waals surface area contributed by atoms with E-state index in [1.807, 2.05) is 53.0 Å². The zero-order valence-electron chi connectivity index (χ0n) is 12.9. The lowest BCUT2D eigenvalue weighted by Gasteiger charge is -2.09. The summed E-state index contributed by atoms with van der Waals surface area (Å²) in [6.07, 6.45) is 0. The minimum Gasteiger partial charge on any atom is -0.226 e. The van der Waals surface area contributed by atoms with Gasteiger partial charge in [-0.1, -0.05) is 65.7 Å². The van der Waals surface area contributed by atoms with E-state index in [9.17, 15) is 0 Å². The third-order valence-corrected chi connectivity index (χ3v) is 5.09. The lowest BCUT2D eigenvalue weighted by molar-refractivity contribution is 0.985. The second-order valence-corrected chi connectivity index (χ2v) is 6.67. The van der Waals surface area contributed by atoms with Gasteiger partial charge < -0.3 is 0 Å². The monoisotopic (exact) mass is 363 g/mol. The lowest BCUT2D eigenvalue weighted by Crippen LogP contribution is -1.97. The van der Waals surface area contributed by atoms with Crippen molar-refractivity contribution in [2.45, 2.75) is 0 Å². The first-order valence-electron chi connectivity index (χ1n) is 7.84. The molecule has 5 aromatic rings. The maximum absolute atomic E-state index is 6.23. The van der Waals surface area contributed by atoms with Crippen LogP contribution in [0.3, 0.4) is 0 Å². The van der Waals surface area contributed by atoms with Gasteiger partial charge in [-0.15, -0.1) is 0 Å². The third kappa shape index (κ3) is 2.20. The fraction of sp³-hybridized carbons (Fsp3) is 0. The van der Waals surface area contributed by atoms with Crippen LogP contribution in [0.1, 0.15) is 0 Å². The highest BCUT2D eigenvalue weighted by Gasteiger charge is 2.14. The molecule has 5 rings (SSSR count). The molecule has 0 N–H and O–H groups in total. The number of para-hydroxylation sites is 2. The SMILES string of the molecule is Clc1ccc(-c2nn3c4ccccc4nc3c3ccccc23)cc1Cl. The van der Waals surface area contributed by atoms with Crippen LogP contribution < -0.4 is 0 Å². The summed E-state index contributed by atoms with van der Waals surface area (Å²) in [5, 5.41) is 8.01. The number of rotatable bonds is 1. The van der Waals surface area contributed by atoms with Gasteiger partial charge in [0.1, 0.15) is 0 Å². The summed E-state index contributed by atoms with van der Waals surface area (Å²) in [7, 11) is 0. The highest BCUT2D eigenvalue weighted by atomic mass is 35.5. The number of imidazole rings is 1. The standard InChI is InChI=1S/C20H11Cl2N3/c21-15-10-9-12(11-16(15)22)19-13-5-1-2-6-14(13)20-23-17-7-3-4-8-18(17)25(20)24-19/h1-11H. The number of hydrogen-bond acceptors (Lipinski definition) is 2. The molecule has 25 heavy (non-hydrogen) atoms. The van der Waals surface area contributed by atoms with Gasteiger partial charge in [-0.2, -0.15) is 5.10 Å². The Hall–Kier alpha value is -2.62. The fourth-order valence-corrected chi connectivity index (χ4v) is 3.48. The number of benzene rings is 3. The van der Waals surface area contributed by atoms with E-state index in [0.29, 0.717) is 10.0 Å². The zero-order chi connectivity index (χ0) is 17.0. The van der Waals surface area contributed by atoms with Crippen molar-refractivity contribution in [2.24, 2.45) is 0 Å². The number of aromatic nitrogens is 3. The maximum atomic E-state index is 6.23. The van der Waals surface area contributed by atoms with Gasteiger partial charge >= 0.3 is 0 Å². The molecule has 0 fully saturated rings. The van der Waals surface area contributed by atoms with Crippen LogP contribution in [0.2, 0.25) is 10.0 Å². The summed E-state index contributed by atoms with van der Waals surface area (Å²) < 4.78 is 1.90. The van der Waals surface area contributed by atoms with E-state index in [-0.39, 0.29) is 0 Å². The van der Waals surface area contributed by atoms with Crippen LogP contribution in [0, 0.1) is 0 Å². The van der Waals surface area contributed by atoms with E-state index in [4.69, 9.17) is 33.3 Å². The molecule has 0 unspecified atom stereocenters. The van der Waals surface area contributed by atoms with Crippen LogP contribution in [-0.4, -0.2) is 14.6 Å². The van der Waals surface area contributed by atoms with Crippen LogP contribution in [0.25, 0.3) is 38.7 Å². The van der Waals surface area contributed by atoms with Crippen molar-refractivity contribution >= 4 is 50.7 Å². The molecule has 5 heteroatoms. The summed E-state index contributed by atoms with van der Waals surface area (Å²) in [4.78, 5) is 4.76. The van der Waals surface area contributed by atoms with Crippen LogP contribution in [0.15, 0.2) is 66.7 Å². The predicted molar refractivity (Wildman–Crippen MR) is 103 cm³/mol. The van der Waals surface area contributed by atoms with Gasteiger partial charge in [0.15, 0.2) is 5.65 Å². The molecule has 3 aromatic carbocycles. The van der Waals surface area contributed by atoms with E-state index >= 15 is 0 Å². The second kappa shape index (κ2) is 5.45. The van der Waals surface area contributed by atoms with Crippen LogP contribution in [0.5, 0.6) is 0 Å². The highest BCUT2D eigenvalue weighted by molar-refractivity contribution is 6.42. The number of fused-ring (bicyclic) bond motifs is 5. The van der Waals surface area contributed by atoms with Gasteiger partial charge in [-0.3, -0.25) is 0 Å². The van der Waals surface area contributed by atoms with Crippen molar-refractivity contribution in [3.05, 3.63) is 76.8 Å². The van der Waals surface area contributed by atoms with Crippen LogP contribution in [-0.2, 0) is 0 Å². The van der Waals surface area contributed by atoms with Crippen LogP contribution in [0.4, 0.5) is 0 Å². The summed E-state index contributed by atoms with van der Waals surface area (Å²) in [6.45, 7) is 0. The topological polar surface area (TPSA) is 30.2 Å². The lowest BCUT2D eigenvalue weighted by atomic mass is 10.0. The molecule has 3 nitrogen and oxygen atoms in total. The first kappa shape index (κ1) is 14.7. The molecule has 0 aliphatic carbocycles. The van der Waals surface area contributed by atoms with Crippen molar-refractivity contribution in [3.8, 4) is 11.3 Å². The molecule has 0 saturated carbocycles. The van der Waals surface area contributed by atoms with Crippen molar-refractivity contribution in [3.63, 3.8) is 0 Å². The molecule has 0 radical (unpaired) electrons. The quantitative estimate of drug-likeness (QED) is 0.365. The Morgan fingerprint density at radius 3 is 2.36 bits per heavy atom. The minimum absolute atomic E-state index is 0.514. The molecule has 120 valence electrons. The molecule has 0 bridgehead atoms.